The van der Waals surface area contributed by atoms with Gasteiger partial charge in [-0.3, -0.25) is 0 Å². The van der Waals surface area contributed by atoms with Crippen LogP contribution in [-0.2, 0) is 11.3 Å². The molecule has 66 valence electrons. The van der Waals surface area contributed by atoms with Gasteiger partial charge < -0.3 is 4.74 Å². The summed E-state index contributed by atoms with van der Waals surface area (Å²) < 4.78 is 6.17. The Morgan fingerprint density at radius 1 is 1.50 bits per heavy atom. The summed E-state index contributed by atoms with van der Waals surface area (Å²) in [6.45, 7) is 0.674. The van der Waals surface area contributed by atoms with Crippen LogP contribution in [0, 0.1) is 0 Å². The standard InChI is InChI=1S/C9H11BrOS/c1-11-6-7-3-4-9(12-2)8(10)5-7/h3-5H,6H2,1-2H3. The van der Waals surface area contributed by atoms with E-state index in [1.54, 1.807) is 18.9 Å². The molecule has 0 aromatic heterocycles. The lowest BCUT2D eigenvalue weighted by Crippen LogP contribution is -1.87. The quantitative estimate of drug-likeness (QED) is 0.758. The zero-order valence-electron chi connectivity index (χ0n) is 7.13. The summed E-state index contributed by atoms with van der Waals surface area (Å²) in [6, 6.07) is 6.28. The molecule has 0 aliphatic carbocycles. The van der Waals surface area contributed by atoms with E-state index in [0.717, 1.165) is 4.47 Å². The van der Waals surface area contributed by atoms with Crippen LogP contribution in [0.15, 0.2) is 27.6 Å². The van der Waals surface area contributed by atoms with E-state index in [2.05, 4.69) is 40.4 Å². The highest BCUT2D eigenvalue weighted by Crippen LogP contribution is 2.26. The summed E-state index contributed by atoms with van der Waals surface area (Å²) in [4.78, 5) is 1.26. The summed E-state index contributed by atoms with van der Waals surface area (Å²) in [7, 11) is 1.70. The van der Waals surface area contributed by atoms with Gasteiger partial charge in [-0.05, 0) is 39.9 Å². The second-order valence-corrected chi connectivity index (χ2v) is 4.10. The molecular formula is C9H11BrOS. The van der Waals surface area contributed by atoms with Crippen LogP contribution >= 0.6 is 27.7 Å². The molecule has 0 atom stereocenters. The Labute approximate surface area is 85.6 Å². The lowest BCUT2D eigenvalue weighted by atomic mass is 10.2. The number of hydrogen-bond donors (Lipinski definition) is 0. The monoisotopic (exact) mass is 246 g/mol. The van der Waals surface area contributed by atoms with Gasteiger partial charge in [0.25, 0.3) is 0 Å². The van der Waals surface area contributed by atoms with Crippen LogP contribution in [0.4, 0.5) is 0 Å². The van der Waals surface area contributed by atoms with Crippen LogP contribution in [0.25, 0.3) is 0 Å². The molecule has 1 rings (SSSR count). The third-order valence-electron chi connectivity index (χ3n) is 1.53. The second-order valence-electron chi connectivity index (χ2n) is 2.40. The van der Waals surface area contributed by atoms with E-state index in [1.165, 1.54) is 10.5 Å². The molecule has 1 nitrogen and oxygen atoms in total. The van der Waals surface area contributed by atoms with Gasteiger partial charge in [0.1, 0.15) is 0 Å². The van der Waals surface area contributed by atoms with Crippen LogP contribution in [0.1, 0.15) is 5.56 Å². The fraction of sp³-hybridized carbons (Fsp3) is 0.333. The average Bonchev–Trinajstić information content (AvgIpc) is 2.05. The van der Waals surface area contributed by atoms with Crippen LogP contribution in [-0.4, -0.2) is 13.4 Å². The van der Waals surface area contributed by atoms with Crippen molar-refractivity contribution >= 4 is 27.7 Å². The van der Waals surface area contributed by atoms with Crippen molar-refractivity contribution in [3.63, 3.8) is 0 Å². The smallest absolute Gasteiger partial charge is 0.0713 e. The van der Waals surface area contributed by atoms with Gasteiger partial charge in [-0.1, -0.05) is 6.07 Å². The van der Waals surface area contributed by atoms with Gasteiger partial charge in [0.05, 0.1) is 6.61 Å². The number of ether oxygens (including phenoxy) is 1. The predicted molar refractivity (Wildman–Crippen MR) is 56.6 cm³/mol. The maximum absolute atomic E-state index is 5.03. The van der Waals surface area contributed by atoms with Crippen molar-refractivity contribution in [3.05, 3.63) is 28.2 Å². The van der Waals surface area contributed by atoms with E-state index >= 15 is 0 Å². The Morgan fingerprint density at radius 2 is 2.25 bits per heavy atom. The number of rotatable bonds is 3. The Hall–Kier alpha value is 0.01000. The number of thioether (sulfide) groups is 1. The van der Waals surface area contributed by atoms with Crippen LogP contribution in [0.5, 0.6) is 0 Å². The van der Waals surface area contributed by atoms with Gasteiger partial charge >= 0.3 is 0 Å². The highest BCUT2D eigenvalue weighted by Gasteiger charge is 1.99. The highest BCUT2D eigenvalue weighted by atomic mass is 79.9. The maximum Gasteiger partial charge on any atom is 0.0713 e. The van der Waals surface area contributed by atoms with Crippen molar-refractivity contribution in [1.82, 2.24) is 0 Å². The van der Waals surface area contributed by atoms with Gasteiger partial charge in [0.15, 0.2) is 0 Å². The molecule has 0 saturated carbocycles. The summed E-state index contributed by atoms with van der Waals surface area (Å²) in [5.74, 6) is 0. The zero-order valence-corrected chi connectivity index (χ0v) is 9.54. The first-order valence-corrected chi connectivity index (χ1v) is 5.61. The minimum Gasteiger partial charge on any atom is -0.380 e. The molecule has 0 unspecified atom stereocenters. The van der Waals surface area contributed by atoms with Gasteiger partial charge in [0.2, 0.25) is 0 Å². The summed E-state index contributed by atoms with van der Waals surface area (Å²) in [6.07, 6.45) is 2.07. The van der Waals surface area contributed by atoms with Gasteiger partial charge in [-0.2, -0.15) is 0 Å². The van der Waals surface area contributed by atoms with E-state index < -0.39 is 0 Å². The first kappa shape index (κ1) is 10.1. The normalized spacial score (nSPS) is 10.2. The van der Waals surface area contributed by atoms with Crippen molar-refractivity contribution in [2.24, 2.45) is 0 Å². The van der Waals surface area contributed by atoms with Gasteiger partial charge in [0, 0.05) is 16.5 Å². The van der Waals surface area contributed by atoms with Crippen molar-refractivity contribution in [1.29, 1.82) is 0 Å². The Kier molecular flexibility index (Phi) is 4.12. The number of benzene rings is 1. The van der Waals surface area contributed by atoms with Crippen molar-refractivity contribution in [2.45, 2.75) is 11.5 Å². The van der Waals surface area contributed by atoms with Gasteiger partial charge in [-0.25, -0.2) is 0 Å². The molecule has 0 fully saturated rings. The molecule has 0 aliphatic heterocycles. The largest absolute Gasteiger partial charge is 0.380 e. The predicted octanol–water partition coefficient (Wildman–Crippen LogP) is 3.32. The topological polar surface area (TPSA) is 9.23 Å². The first-order valence-electron chi connectivity index (χ1n) is 3.59. The second kappa shape index (κ2) is 4.90. The third-order valence-corrected chi connectivity index (χ3v) is 3.24. The molecule has 0 N–H and O–H groups in total. The molecule has 3 heteroatoms. The molecule has 0 radical (unpaired) electrons. The maximum atomic E-state index is 5.03. The zero-order chi connectivity index (χ0) is 8.97. The number of halogens is 1. The van der Waals surface area contributed by atoms with E-state index in [-0.39, 0.29) is 0 Å². The Balaban J connectivity index is 2.86. The summed E-state index contributed by atoms with van der Waals surface area (Å²) in [5, 5.41) is 0. The molecule has 0 bridgehead atoms. The van der Waals surface area contributed by atoms with Crippen LogP contribution < -0.4 is 0 Å². The fourth-order valence-corrected chi connectivity index (χ4v) is 2.34. The molecule has 0 saturated heterocycles. The Bertz CT molecular complexity index is 263. The molecule has 0 spiro atoms. The third kappa shape index (κ3) is 2.51. The minimum atomic E-state index is 0.674. The van der Waals surface area contributed by atoms with E-state index in [1.807, 2.05) is 0 Å². The van der Waals surface area contributed by atoms with E-state index in [4.69, 9.17) is 4.74 Å². The molecule has 1 aromatic carbocycles. The first-order chi connectivity index (χ1) is 5.77. The SMILES string of the molecule is COCc1ccc(SC)c(Br)c1. The lowest BCUT2D eigenvalue weighted by Gasteiger charge is -2.03. The molecule has 0 aliphatic rings. The molecule has 1 aromatic rings. The van der Waals surface area contributed by atoms with Crippen LogP contribution in [0.2, 0.25) is 0 Å². The van der Waals surface area contributed by atoms with Crippen molar-refractivity contribution in [2.75, 3.05) is 13.4 Å². The van der Waals surface area contributed by atoms with Crippen LogP contribution in [0.3, 0.4) is 0 Å². The van der Waals surface area contributed by atoms with E-state index in [9.17, 15) is 0 Å². The number of hydrogen-bond acceptors (Lipinski definition) is 2. The highest BCUT2D eigenvalue weighted by molar-refractivity contribution is 9.10. The Morgan fingerprint density at radius 3 is 2.75 bits per heavy atom. The molecule has 12 heavy (non-hydrogen) atoms. The van der Waals surface area contributed by atoms with Crippen molar-refractivity contribution < 1.29 is 4.74 Å². The van der Waals surface area contributed by atoms with E-state index in [0.29, 0.717) is 6.61 Å². The summed E-state index contributed by atoms with van der Waals surface area (Å²) in [5.41, 5.74) is 1.20. The minimum absolute atomic E-state index is 0.674. The fourth-order valence-electron chi connectivity index (χ4n) is 0.966. The average molecular weight is 247 g/mol. The molecular weight excluding hydrogens is 236 g/mol. The molecule has 0 heterocycles. The summed E-state index contributed by atoms with van der Waals surface area (Å²) >= 11 is 5.24. The molecule has 0 amide bonds. The van der Waals surface area contributed by atoms with Crippen molar-refractivity contribution in [3.8, 4) is 0 Å². The number of methoxy groups -OCH3 is 1. The van der Waals surface area contributed by atoms with Gasteiger partial charge in [-0.15, -0.1) is 11.8 Å². The lowest BCUT2D eigenvalue weighted by molar-refractivity contribution is 0.185.